The first-order chi connectivity index (χ1) is 6.40. The highest BCUT2D eigenvalue weighted by Gasteiger charge is 2.44. The molecule has 1 saturated carbocycles. The summed E-state index contributed by atoms with van der Waals surface area (Å²) in [6.45, 7) is 0. The third-order valence-electron chi connectivity index (χ3n) is 2.66. The molecule has 1 aliphatic rings. The Hall–Kier alpha value is -0.620. The van der Waals surface area contributed by atoms with E-state index in [1.165, 1.54) is 7.11 Å². The minimum atomic E-state index is -3.62. The number of hydrogen-bond acceptors (Lipinski definition) is 4. The summed E-state index contributed by atoms with van der Waals surface area (Å²) >= 11 is 0. The average Bonchev–Trinajstić information content (AvgIpc) is 2.49. The van der Waals surface area contributed by atoms with Gasteiger partial charge in [0.15, 0.2) is 0 Å². The van der Waals surface area contributed by atoms with Crippen LogP contribution in [-0.4, -0.2) is 27.2 Å². The number of sulfonamides is 1. The van der Waals surface area contributed by atoms with Gasteiger partial charge in [0.2, 0.25) is 10.0 Å². The van der Waals surface area contributed by atoms with E-state index in [0.717, 1.165) is 12.8 Å². The lowest BCUT2D eigenvalue weighted by molar-refractivity contribution is -0.151. The summed E-state index contributed by atoms with van der Waals surface area (Å²) in [6.07, 6.45) is 2.81. The number of carbonyl (C=O) groups is 1. The largest absolute Gasteiger partial charge is 0.469 e. The van der Waals surface area contributed by atoms with Crippen LogP contribution in [0.2, 0.25) is 0 Å². The zero-order valence-corrected chi connectivity index (χ0v) is 8.97. The molecule has 1 fully saturated rings. The van der Waals surface area contributed by atoms with Gasteiger partial charge in [0, 0.05) is 0 Å². The van der Waals surface area contributed by atoms with Crippen molar-refractivity contribution in [2.24, 2.45) is 10.6 Å². The van der Waals surface area contributed by atoms with Gasteiger partial charge in [-0.2, -0.15) is 0 Å². The molecule has 0 bridgehead atoms. The molecule has 0 aromatic carbocycles. The van der Waals surface area contributed by atoms with Crippen LogP contribution in [-0.2, 0) is 19.6 Å². The van der Waals surface area contributed by atoms with E-state index >= 15 is 0 Å². The predicted octanol–water partition coefficient (Wildman–Crippen LogP) is 0.00830. The van der Waals surface area contributed by atoms with E-state index in [9.17, 15) is 13.2 Å². The highest BCUT2D eigenvalue weighted by molar-refractivity contribution is 7.89. The fourth-order valence-corrected chi connectivity index (χ4v) is 3.24. The third-order valence-corrected chi connectivity index (χ3v) is 3.61. The molecule has 0 aromatic rings. The van der Waals surface area contributed by atoms with Gasteiger partial charge >= 0.3 is 5.97 Å². The second-order valence-corrected chi connectivity index (χ2v) is 5.40. The number of nitrogens with two attached hydrogens (primary N) is 1. The molecule has 0 saturated heterocycles. The van der Waals surface area contributed by atoms with E-state index in [-0.39, 0.29) is 5.75 Å². The minimum Gasteiger partial charge on any atom is -0.469 e. The summed E-state index contributed by atoms with van der Waals surface area (Å²) < 4.78 is 26.6. The van der Waals surface area contributed by atoms with E-state index in [1.807, 2.05) is 0 Å². The Kier molecular flexibility index (Phi) is 3.16. The molecular formula is C8H15NO4S. The Morgan fingerprint density at radius 3 is 2.29 bits per heavy atom. The Balaban J connectivity index is 2.88. The van der Waals surface area contributed by atoms with Crippen LogP contribution in [0.15, 0.2) is 0 Å². The lowest BCUT2D eigenvalue weighted by atomic mass is 9.89. The van der Waals surface area contributed by atoms with Crippen molar-refractivity contribution in [2.75, 3.05) is 12.9 Å². The lowest BCUT2D eigenvalue weighted by Gasteiger charge is -2.24. The Morgan fingerprint density at radius 1 is 1.43 bits per heavy atom. The number of hydrogen-bond donors (Lipinski definition) is 1. The van der Waals surface area contributed by atoms with Crippen molar-refractivity contribution in [2.45, 2.75) is 25.7 Å². The first kappa shape index (κ1) is 11.5. The van der Waals surface area contributed by atoms with Crippen molar-refractivity contribution in [3.8, 4) is 0 Å². The van der Waals surface area contributed by atoms with Gasteiger partial charge in [-0.15, -0.1) is 0 Å². The van der Waals surface area contributed by atoms with Crippen LogP contribution in [0.3, 0.4) is 0 Å². The maximum atomic E-state index is 11.5. The Bertz CT molecular complexity index is 316. The highest BCUT2D eigenvalue weighted by Crippen LogP contribution is 2.39. The number of carbonyl (C=O) groups excluding carboxylic acids is 1. The fourth-order valence-electron chi connectivity index (χ4n) is 2.06. The number of ether oxygens (including phenoxy) is 1. The van der Waals surface area contributed by atoms with Crippen molar-refractivity contribution in [1.82, 2.24) is 0 Å². The Labute approximate surface area is 83.7 Å². The van der Waals surface area contributed by atoms with Crippen LogP contribution in [0.25, 0.3) is 0 Å². The lowest BCUT2D eigenvalue weighted by Crippen LogP contribution is -2.39. The van der Waals surface area contributed by atoms with Crippen molar-refractivity contribution in [1.29, 1.82) is 0 Å². The average molecular weight is 221 g/mol. The second kappa shape index (κ2) is 3.86. The predicted molar refractivity (Wildman–Crippen MR) is 50.9 cm³/mol. The van der Waals surface area contributed by atoms with E-state index < -0.39 is 21.4 Å². The molecule has 6 heteroatoms. The van der Waals surface area contributed by atoms with Gasteiger partial charge in [0.1, 0.15) is 0 Å². The summed E-state index contributed by atoms with van der Waals surface area (Å²) in [5, 5.41) is 4.96. The van der Waals surface area contributed by atoms with E-state index in [2.05, 4.69) is 4.74 Å². The SMILES string of the molecule is COC(=O)C1(CS(N)(=O)=O)CCCC1. The number of rotatable bonds is 3. The van der Waals surface area contributed by atoms with E-state index in [0.29, 0.717) is 12.8 Å². The van der Waals surface area contributed by atoms with Crippen LogP contribution in [0.5, 0.6) is 0 Å². The molecule has 82 valence electrons. The first-order valence-corrected chi connectivity index (χ1v) is 6.20. The molecule has 0 atom stereocenters. The van der Waals surface area contributed by atoms with Gasteiger partial charge in [0.05, 0.1) is 18.3 Å². The van der Waals surface area contributed by atoms with E-state index in [1.54, 1.807) is 0 Å². The summed E-state index contributed by atoms with van der Waals surface area (Å²) in [7, 11) is -2.35. The van der Waals surface area contributed by atoms with Crippen molar-refractivity contribution < 1.29 is 17.9 Å². The van der Waals surface area contributed by atoms with Crippen molar-refractivity contribution >= 4 is 16.0 Å². The van der Waals surface area contributed by atoms with Crippen molar-refractivity contribution in [3.05, 3.63) is 0 Å². The minimum absolute atomic E-state index is 0.299. The maximum absolute atomic E-state index is 11.5. The first-order valence-electron chi connectivity index (χ1n) is 4.48. The van der Waals surface area contributed by atoms with Gasteiger partial charge in [0.25, 0.3) is 0 Å². The monoisotopic (exact) mass is 221 g/mol. The fraction of sp³-hybridized carbons (Fsp3) is 0.875. The molecule has 0 spiro atoms. The highest BCUT2D eigenvalue weighted by atomic mass is 32.2. The molecule has 0 amide bonds. The van der Waals surface area contributed by atoms with Crippen LogP contribution in [0.1, 0.15) is 25.7 Å². The molecule has 1 aliphatic carbocycles. The van der Waals surface area contributed by atoms with Gasteiger partial charge in [-0.3, -0.25) is 4.79 Å². The van der Waals surface area contributed by atoms with Gasteiger partial charge in [-0.05, 0) is 12.8 Å². The molecule has 0 aromatic heterocycles. The van der Waals surface area contributed by atoms with Crippen LogP contribution >= 0.6 is 0 Å². The second-order valence-electron chi connectivity index (χ2n) is 3.79. The summed E-state index contributed by atoms with van der Waals surface area (Å²) in [6, 6.07) is 0. The van der Waals surface area contributed by atoms with Crippen molar-refractivity contribution in [3.63, 3.8) is 0 Å². The smallest absolute Gasteiger partial charge is 0.312 e. The summed E-state index contributed by atoms with van der Waals surface area (Å²) in [5.41, 5.74) is -0.887. The summed E-state index contributed by atoms with van der Waals surface area (Å²) in [5.74, 6) is -0.754. The van der Waals surface area contributed by atoms with Gasteiger partial charge in [-0.25, -0.2) is 13.6 Å². The zero-order chi connectivity index (χ0) is 10.8. The molecule has 0 aliphatic heterocycles. The molecular weight excluding hydrogens is 206 g/mol. The van der Waals surface area contributed by atoms with Gasteiger partial charge < -0.3 is 4.74 Å². The van der Waals surface area contributed by atoms with Crippen LogP contribution in [0.4, 0.5) is 0 Å². The molecule has 5 nitrogen and oxygen atoms in total. The molecule has 0 unspecified atom stereocenters. The molecule has 2 N–H and O–H groups in total. The topological polar surface area (TPSA) is 86.5 Å². The molecule has 0 heterocycles. The van der Waals surface area contributed by atoms with Gasteiger partial charge in [-0.1, -0.05) is 12.8 Å². The number of methoxy groups -OCH3 is 1. The van der Waals surface area contributed by atoms with Crippen LogP contribution in [0, 0.1) is 5.41 Å². The molecule has 1 rings (SSSR count). The molecule has 0 radical (unpaired) electrons. The third kappa shape index (κ3) is 2.45. The number of esters is 1. The van der Waals surface area contributed by atoms with E-state index in [4.69, 9.17) is 5.14 Å². The normalized spacial score (nSPS) is 20.7. The molecule has 14 heavy (non-hydrogen) atoms. The maximum Gasteiger partial charge on any atom is 0.312 e. The zero-order valence-electron chi connectivity index (χ0n) is 8.15. The quantitative estimate of drug-likeness (QED) is 0.680. The number of primary sulfonamides is 1. The van der Waals surface area contributed by atoms with Crippen LogP contribution < -0.4 is 5.14 Å². The Morgan fingerprint density at radius 2 is 1.93 bits per heavy atom. The summed E-state index contributed by atoms with van der Waals surface area (Å²) in [4.78, 5) is 11.5. The standard InChI is InChI=1S/C8H15NO4S/c1-13-7(10)8(4-2-3-5-8)6-14(9,11)12/h2-6H2,1H3,(H2,9,11,12).